The number of carbonyl (C=O) groups excluding carboxylic acids is 1. The van der Waals surface area contributed by atoms with E-state index in [0.717, 1.165) is 34.0 Å². The van der Waals surface area contributed by atoms with E-state index in [1.54, 1.807) is 0 Å². The van der Waals surface area contributed by atoms with Crippen molar-refractivity contribution >= 4 is 27.7 Å². The van der Waals surface area contributed by atoms with E-state index in [1.165, 1.54) is 4.90 Å². The number of fused-ring (bicyclic) bond motifs is 3. The Kier molecular flexibility index (Phi) is 4.66. The van der Waals surface area contributed by atoms with Crippen LogP contribution >= 0.6 is 0 Å². The highest BCUT2D eigenvalue weighted by atomic mass is 35.5. The third-order valence-corrected chi connectivity index (χ3v) is 3.55. The number of rotatable bonds is 4. The molecule has 110 valence electrons. The first-order valence-corrected chi connectivity index (χ1v) is 6.88. The lowest BCUT2D eigenvalue weighted by Gasteiger charge is -2.06. The molecule has 3 rings (SSSR count). The number of benzene rings is 2. The van der Waals surface area contributed by atoms with Gasteiger partial charge in [-0.25, -0.2) is 0 Å². The normalized spacial score (nSPS) is 11.0. The summed E-state index contributed by atoms with van der Waals surface area (Å²) in [4.78, 5) is 13.5. The van der Waals surface area contributed by atoms with Gasteiger partial charge in [0.1, 0.15) is 11.2 Å². The molecule has 21 heavy (non-hydrogen) atoms. The summed E-state index contributed by atoms with van der Waals surface area (Å²) in [5.74, 6) is 0.193. The molecule has 0 spiro atoms. The smallest absolute Gasteiger partial charge is 0.168 e. The van der Waals surface area contributed by atoms with Gasteiger partial charge in [-0.2, -0.15) is 0 Å². The van der Waals surface area contributed by atoms with Gasteiger partial charge in [0.25, 0.3) is 0 Å². The number of para-hydroxylation sites is 1. The maximum atomic E-state index is 12.2. The van der Waals surface area contributed by atoms with Gasteiger partial charge in [0.2, 0.25) is 0 Å². The molecule has 0 aliphatic carbocycles. The third-order valence-electron chi connectivity index (χ3n) is 3.55. The van der Waals surface area contributed by atoms with E-state index in [4.69, 9.17) is 4.42 Å². The highest BCUT2D eigenvalue weighted by molar-refractivity contribution is 6.08. The minimum atomic E-state index is 0. The maximum Gasteiger partial charge on any atom is 0.168 e. The van der Waals surface area contributed by atoms with Crippen molar-refractivity contribution in [2.45, 2.75) is 6.42 Å². The Hall–Kier alpha value is -1.84. The molecule has 1 N–H and O–H groups in total. The van der Waals surface area contributed by atoms with Gasteiger partial charge in [0.05, 0.1) is 27.1 Å². The zero-order chi connectivity index (χ0) is 14.1. The Morgan fingerprint density at radius 2 is 1.76 bits per heavy atom. The summed E-state index contributed by atoms with van der Waals surface area (Å²) in [6, 6.07) is 13.6. The number of nitrogens with one attached hydrogen (secondary N) is 1. The number of ketones is 1. The van der Waals surface area contributed by atoms with Crippen molar-refractivity contribution in [1.29, 1.82) is 0 Å². The Morgan fingerprint density at radius 1 is 1.05 bits per heavy atom. The Morgan fingerprint density at radius 3 is 2.52 bits per heavy atom. The fourth-order valence-corrected chi connectivity index (χ4v) is 2.41. The van der Waals surface area contributed by atoms with Crippen LogP contribution in [0.1, 0.15) is 16.8 Å². The molecule has 0 aliphatic heterocycles. The van der Waals surface area contributed by atoms with Crippen LogP contribution in [0.15, 0.2) is 46.9 Å². The molecule has 1 heterocycles. The first-order valence-electron chi connectivity index (χ1n) is 6.88. The number of Topliss-reactive ketones (excluding diaryl/α,β-unsaturated/α-hetero) is 1. The zero-order valence-corrected chi connectivity index (χ0v) is 12.9. The summed E-state index contributed by atoms with van der Waals surface area (Å²) in [5, 5.41) is 2.08. The molecule has 0 unspecified atom stereocenters. The minimum absolute atomic E-state index is 0. The maximum absolute atomic E-state index is 12.2. The zero-order valence-electron chi connectivity index (χ0n) is 12.2. The van der Waals surface area contributed by atoms with E-state index in [0.29, 0.717) is 6.42 Å². The predicted octanol–water partition coefficient (Wildman–Crippen LogP) is -0.693. The van der Waals surface area contributed by atoms with Crippen LogP contribution in [0.25, 0.3) is 21.9 Å². The van der Waals surface area contributed by atoms with Crippen molar-refractivity contribution in [3.63, 3.8) is 0 Å². The van der Waals surface area contributed by atoms with Crippen molar-refractivity contribution in [1.82, 2.24) is 0 Å². The highest BCUT2D eigenvalue weighted by Gasteiger charge is 2.12. The summed E-state index contributed by atoms with van der Waals surface area (Å²) in [6.45, 7) is 0.850. The molecule has 3 aromatic rings. The molecule has 3 nitrogen and oxygen atoms in total. The van der Waals surface area contributed by atoms with Crippen molar-refractivity contribution in [3.05, 3.63) is 48.0 Å². The van der Waals surface area contributed by atoms with Crippen LogP contribution in [-0.4, -0.2) is 26.4 Å². The summed E-state index contributed by atoms with van der Waals surface area (Å²) >= 11 is 0. The molecule has 0 amide bonds. The SMILES string of the molecule is C[NH+](C)CCC(=O)c1ccc2oc3ccccc3c2c1.[Cl-]. The molecule has 0 saturated carbocycles. The average Bonchev–Trinajstić information content (AvgIpc) is 2.82. The largest absolute Gasteiger partial charge is 1.00 e. The quantitative estimate of drug-likeness (QED) is 0.648. The van der Waals surface area contributed by atoms with Gasteiger partial charge in [-0.05, 0) is 24.3 Å². The second-order valence-corrected chi connectivity index (χ2v) is 5.44. The number of carbonyl (C=O) groups is 1. The van der Waals surface area contributed by atoms with E-state index in [2.05, 4.69) is 14.1 Å². The van der Waals surface area contributed by atoms with Crippen LogP contribution in [0.5, 0.6) is 0 Å². The Labute approximate surface area is 129 Å². The standard InChI is InChI=1S/C17H17NO2.ClH/c1-18(2)10-9-15(19)12-7-8-17-14(11-12)13-5-3-4-6-16(13)20-17;/h3-8,11H,9-10H2,1-2H3;1H. The fourth-order valence-electron chi connectivity index (χ4n) is 2.41. The van der Waals surface area contributed by atoms with Crippen LogP contribution in [0, 0.1) is 0 Å². The minimum Gasteiger partial charge on any atom is -1.00 e. The topological polar surface area (TPSA) is 34.7 Å². The van der Waals surface area contributed by atoms with Crippen LogP contribution in [0.2, 0.25) is 0 Å². The van der Waals surface area contributed by atoms with Crippen LogP contribution in [-0.2, 0) is 0 Å². The second-order valence-electron chi connectivity index (χ2n) is 5.44. The van der Waals surface area contributed by atoms with Crippen LogP contribution < -0.4 is 17.3 Å². The van der Waals surface area contributed by atoms with Gasteiger partial charge in [-0.15, -0.1) is 0 Å². The lowest BCUT2D eigenvalue weighted by molar-refractivity contribution is -0.857. The molecule has 2 aromatic carbocycles. The molecule has 0 saturated heterocycles. The molecule has 0 aliphatic rings. The van der Waals surface area contributed by atoms with Gasteiger partial charge in [0.15, 0.2) is 5.78 Å². The molecular weight excluding hydrogens is 286 g/mol. The van der Waals surface area contributed by atoms with E-state index in [1.807, 2.05) is 42.5 Å². The van der Waals surface area contributed by atoms with Gasteiger partial charge >= 0.3 is 0 Å². The van der Waals surface area contributed by atoms with Crippen molar-refractivity contribution < 1.29 is 26.5 Å². The van der Waals surface area contributed by atoms with Crippen LogP contribution in [0.4, 0.5) is 0 Å². The van der Waals surface area contributed by atoms with Gasteiger partial charge in [0, 0.05) is 16.3 Å². The van der Waals surface area contributed by atoms with Gasteiger partial charge in [-0.1, -0.05) is 18.2 Å². The van der Waals surface area contributed by atoms with Crippen molar-refractivity contribution in [2.75, 3.05) is 20.6 Å². The van der Waals surface area contributed by atoms with Gasteiger partial charge in [-0.3, -0.25) is 4.79 Å². The number of furan rings is 1. The summed E-state index contributed by atoms with van der Waals surface area (Å²) < 4.78 is 5.77. The first kappa shape index (κ1) is 15.5. The molecule has 0 atom stereocenters. The third kappa shape index (κ3) is 3.09. The Balaban J connectivity index is 0.00000161. The molecule has 1 aromatic heterocycles. The summed E-state index contributed by atoms with van der Waals surface area (Å²) in [6.07, 6.45) is 0.573. The number of quaternary nitrogens is 1. The van der Waals surface area contributed by atoms with Crippen LogP contribution in [0.3, 0.4) is 0 Å². The van der Waals surface area contributed by atoms with Crippen molar-refractivity contribution in [2.24, 2.45) is 0 Å². The van der Waals surface area contributed by atoms with E-state index >= 15 is 0 Å². The van der Waals surface area contributed by atoms with E-state index in [-0.39, 0.29) is 18.2 Å². The van der Waals surface area contributed by atoms with Crippen molar-refractivity contribution in [3.8, 4) is 0 Å². The van der Waals surface area contributed by atoms with E-state index < -0.39 is 0 Å². The monoisotopic (exact) mass is 303 g/mol. The lowest BCUT2D eigenvalue weighted by atomic mass is 10.0. The highest BCUT2D eigenvalue weighted by Crippen LogP contribution is 2.29. The molecule has 0 bridgehead atoms. The van der Waals surface area contributed by atoms with E-state index in [9.17, 15) is 4.79 Å². The number of halogens is 1. The Bertz CT molecular complexity index is 777. The molecular formula is C17H18ClNO2. The summed E-state index contributed by atoms with van der Waals surface area (Å²) in [7, 11) is 4.11. The number of hydrogen-bond donors (Lipinski definition) is 1. The first-order chi connectivity index (χ1) is 9.65. The predicted molar refractivity (Wildman–Crippen MR) is 80.3 cm³/mol. The summed E-state index contributed by atoms with van der Waals surface area (Å²) in [5.41, 5.74) is 2.47. The fraction of sp³-hybridized carbons (Fsp3) is 0.235. The molecule has 0 fully saturated rings. The second kappa shape index (κ2) is 6.29. The van der Waals surface area contributed by atoms with Gasteiger partial charge < -0.3 is 21.7 Å². The number of hydrogen-bond acceptors (Lipinski definition) is 2. The molecule has 4 heteroatoms. The molecule has 0 radical (unpaired) electrons. The lowest BCUT2D eigenvalue weighted by Crippen LogP contribution is -3.05. The average molecular weight is 304 g/mol.